The van der Waals surface area contributed by atoms with Gasteiger partial charge < -0.3 is 4.42 Å². The van der Waals surface area contributed by atoms with Crippen molar-refractivity contribution in [2.24, 2.45) is 0 Å². The number of fused-ring (bicyclic) bond motifs is 3. The maximum absolute atomic E-state index is 6.44. The Balaban J connectivity index is 1.86. The van der Waals surface area contributed by atoms with Crippen LogP contribution in [-0.4, -0.2) is 24.1 Å². The van der Waals surface area contributed by atoms with Crippen molar-refractivity contribution < 1.29 is 4.42 Å². The van der Waals surface area contributed by atoms with Gasteiger partial charge in [0, 0.05) is 5.69 Å². The predicted octanol–water partition coefficient (Wildman–Crippen LogP) is 4.60. The van der Waals surface area contributed by atoms with Gasteiger partial charge in [-0.25, -0.2) is 14.5 Å². The molecule has 5 rings (SSSR count). The molecule has 0 aliphatic carbocycles. The van der Waals surface area contributed by atoms with Crippen LogP contribution in [0.15, 0.2) is 53.4 Å². The monoisotopic (exact) mass is 363 g/mol. The first-order valence-electron chi connectivity index (χ1n) is 8.17. The van der Waals surface area contributed by atoms with E-state index in [9.17, 15) is 0 Å². The number of benzene rings is 1. The largest absolute Gasteiger partial charge is 0.461 e. The maximum atomic E-state index is 6.44. The molecule has 0 spiro atoms. The summed E-state index contributed by atoms with van der Waals surface area (Å²) in [7, 11) is 0. The van der Waals surface area contributed by atoms with Crippen LogP contribution in [0.25, 0.3) is 34.0 Å². The first-order chi connectivity index (χ1) is 12.6. The second-order valence-electron chi connectivity index (χ2n) is 6.12. The Bertz CT molecular complexity index is 1270. The summed E-state index contributed by atoms with van der Waals surface area (Å²) in [6, 6.07) is 11.4. The summed E-state index contributed by atoms with van der Waals surface area (Å²) < 4.78 is 9.17. The average Bonchev–Trinajstić information content (AvgIpc) is 3.35. The van der Waals surface area contributed by atoms with Gasteiger partial charge in [-0.05, 0) is 43.7 Å². The second-order valence-corrected chi connectivity index (χ2v) is 6.53. The van der Waals surface area contributed by atoms with Crippen molar-refractivity contribution in [2.75, 3.05) is 0 Å². The molecule has 0 saturated carbocycles. The first-order valence-corrected chi connectivity index (χ1v) is 8.54. The molecule has 0 N–H and O–H groups in total. The number of rotatable bonds is 2. The smallest absolute Gasteiger partial charge is 0.217 e. The molecule has 0 aliphatic heterocycles. The molecular formula is C19H14ClN5O. The zero-order valence-electron chi connectivity index (χ0n) is 14.1. The van der Waals surface area contributed by atoms with E-state index in [1.807, 2.05) is 36.4 Å². The minimum absolute atomic E-state index is 0.534. The van der Waals surface area contributed by atoms with Gasteiger partial charge in [-0.3, -0.25) is 4.57 Å². The average molecular weight is 364 g/mol. The molecule has 7 heteroatoms. The van der Waals surface area contributed by atoms with Gasteiger partial charge in [-0.1, -0.05) is 23.7 Å². The number of aryl methyl sites for hydroxylation is 1. The van der Waals surface area contributed by atoms with Crippen molar-refractivity contribution in [3.63, 3.8) is 0 Å². The minimum Gasteiger partial charge on any atom is -0.461 e. The maximum Gasteiger partial charge on any atom is 0.217 e. The van der Waals surface area contributed by atoms with Gasteiger partial charge in [0.1, 0.15) is 6.33 Å². The summed E-state index contributed by atoms with van der Waals surface area (Å²) in [5.74, 6) is 1.16. The van der Waals surface area contributed by atoms with Gasteiger partial charge in [0.15, 0.2) is 17.1 Å². The Hall–Kier alpha value is -3.12. The van der Waals surface area contributed by atoms with Crippen LogP contribution in [0.1, 0.15) is 11.3 Å². The summed E-state index contributed by atoms with van der Waals surface area (Å²) in [4.78, 5) is 9.32. The number of hydrogen-bond acceptors (Lipinski definition) is 4. The molecule has 0 fully saturated rings. The summed E-state index contributed by atoms with van der Waals surface area (Å²) in [5, 5.41) is 6.12. The molecule has 26 heavy (non-hydrogen) atoms. The number of para-hydroxylation sites is 1. The lowest BCUT2D eigenvalue weighted by Gasteiger charge is -2.09. The van der Waals surface area contributed by atoms with E-state index in [4.69, 9.17) is 16.0 Å². The number of halogens is 1. The number of aromatic nitrogens is 5. The van der Waals surface area contributed by atoms with Gasteiger partial charge in [-0.15, -0.1) is 5.10 Å². The van der Waals surface area contributed by atoms with E-state index in [1.165, 1.54) is 0 Å². The molecule has 0 radical (unpaired) electrons. The van der Waals surface area contributed by atoms with Crippen molar-refractivity contribution in [3.05, 3.63) is 65.3 Å². The molecule has 4 heterocycles. The Kier molecular flexibility index (Phi) is 3.17. The van der Waals surface area contributed by atoms with Crippen molar-refractivity contribution in [1.29, 1.82) is 0 Å². The number of hydrogen-bond donors (Lipinski definition) is 0. The third-order valence-corrected chi connectivity index (χ3v) is 4.99. The van der Waals surface area contributed by atoms with Crippen LogP contribution in [0.5, 0.6) is 0 Å². The second kappa shape index (κ2) is 5.44. The lowest BCUT2D eigenvalue weighted by atomic mass is 10.2. The first kappa shape index (κ1) is 15.2. The van der Waals surface area contributed by atoms with Crippen molar-refractivity contribution in [1.82, 2.24) is 24.1 Å². The fourth-order valence-electron chi connectivity index (χ4n) is 3.30. The number of furan rings is 1. The minimum atomic E-state index is 0.534. The van der Waals surface area contributed by atoms with Crippen LogP contribution in [0.3, 0.4) is 0 Å². The number of nitrogens with zero attached hydrogens (tertiary/aromatic N) is 5. The quantitative estimate of drug-likeness (QED) is 0.460. The highest BCUT2D eigenvalue weighted by molar-refractivity contribution is 6.32. The standard InChI is InChI=1S/C19H14ClN5O/c1-11-12(2)25(14-7-4-3-6-13(14)20)18-16(11)19-22-17(15-8-5-9-26-15)23-24(19)10-21-18/h3-10H,1-2H3. The highest BCUT2D eigenvalue weighted by Gasteiger charge is 2.20. The van der Waals surface area contributed by atoms with Crippen molar-refractivity contribution in [2.45, 2.75) is 13.8 Å². The Morgan fingerprint density at radius 2 is 1.88 bits per heavy atom. The van der Waals surface area contributed by atoms with Gasteiger partial charge in [0.05, 0.1) is 22.4 Å². The third kappa shape index (κ3) is 2.02. The van der Waals surface area contributed by atoms with Crippen LogP contribution < -0.4 is 0 Å². The molecule has 0 amide bonds. The highest BCUT2D eigenvalue weighted by atomic mass is 35.5. The van der Waals surface area contributed by atoms with Gasteiger partial charge in [0.2, 0.25) is 5.82 Å². The van der Waals surface area contributed by atoms with E-state index in [0.717, 1.165) is 33.6 Å². The SMILES string of the molecule is Cc1c(C)n(-c2ccccc2Cl)c2ncn3nc(-c4ccco4)nc3c12. The molecule has 0 bridgehead atoms. The van der Waals surface area contributed by atoms with Crippen molar-refractivity contribution >= 4 is 28.3 Å². The van der Waals surface area contributed by atoms with E-state index in [0.29, 0.717) is 16.6 Å². The van der Waals surface area contributed by atoms with Gasteiger partial charge in [-0.2, -0.15) is 0 Å². The van der Waals surface area contributed by atoms with Crippen LogP contribution in [0.4, 0.5) is 0 Å². The molecule has 4 aromatic heterocycles. The van der Waals surface area contributed by atoms with E-state index >= 15 is 0 Å². The zero-order chi connectivity index (χ0) is 17.8. The van der Waals surface area contributed by atoms with E-state index in [-0.39, 0.29) is 0 Å². The van der Waals surface area contributed by atoms with Crippen LogP contribution in [0.2, 0.25) is 5.02 Å². The Morgan fingerprint density at radius 1 is 1.04 bits per heavy atom. The lowest BCUT2D eigenvalue weighted by Crippen LogP contribution is -1.99. The van der Waals surface area contributed by atoms with E-state index < -0.39 is 0 Å². The molecule has 0 atom stereocenters. The topological polar surface area (TPSA) is 61.2 Å². The summed E-state index contributed by atoms with van der Waals surface area (Å²) in [6.07, 6.45) is 3.28. The summed E-state index contributed by atoms with van der Waals surface area (Å²) >= 11 is 6.44. The molecule has 0 saturated heterocycles. The van der Waals surface area contributed by atoms with Gasteiger partial charge >= 0.3 is 0 Å². The summed E-state index contributed by atoms with van der Waals surface area (Å²) in [6.45, 7) is 4.12. The Morgan fingerprint density at radius 3 is 2.65 bits per heavy atom. The normalized spacial score (nSPS) is 11.7. The molecule has 0 unspecified atom stereocenters. The zero-order valence-corrected chi connectivity index (χ0v) is 14.9. The predicted molar refractivity (Wildman–Crippen MR) is 99.8 cm³/mol. The fraction of sp³-hybridized carbons (Fsp3) is 0.105. The molecule has 5 aromatic rings. The van der Waals surface area contributed by atoms with Crippen LogP contribution in [-0.2, 0) is 0 Å². The molecule has 0 aliphatic rings. The van der Waals surface area contributed by atoms with E-state index in [1.54, 1.807) is 17.1 Å². The van der Waals surface area contributed by atoms with Crippen molar-refractivity contribution in [3.8, 4) is 17.3 Å². The van der Waals surface area contributed by atoms with Gasteiger partial charge in [0.25, 0.3) is 0 Å². The van der Waals surface area contributed by atoms with E-state index in [2.05, 4.69) is 33.5 Å². The third-order valence-electron chi connectivity index (χ3n) is 4.67. The lowest BCUT2D eigenvalue weighted by molar-refractivity contribution is 0.577. The summed E-state index contributed by atoms with van der Waals surface area (Å²) in [5.41, 5.74) is 4.60. The van der Waals surface area contributed by atoms with Crippen LogP contribution in [0, 0.1) is 13.8 Å². The molecular weight excluding hydrogens is 350 g/mol. The van der Waals surface area contributed by atoms with Crippen LogP contribution >= 0.6 is 11.6 Å². The highest BCUT2D eigenvalue weighted by Crippen LogP contribution is 2.32. The molecule has 1 aromatic carbocycles. The Labute approximate surface area is 153 Å². The molecule has 128 valence electrons. The molecule has 6 nitrogen and oxygen atoms in total. The fourth-order valence-corrected chi connectivity index (χ4v) is 3.52.